The second-order valence-corrected chi connectivity index (χ2v) is 3.66. The van der Waals surface area contributed by atoms with Crippen molar-refractivity contribution in [2.45, 2.75) is 0 Å². The minimum absolute atomic E-state index is 0.308. The van der Waals surface area contributed by atoms with Crippen molar-refractivity contribution in [3.8, 4) is 0 Å². The summed E-state index contributed by atoms with van der Waals surface area (Å²) in [6, 6.07) is 8.30. The summed E-state index contributed by atoms with van der Waals surface area (Å²) in [6.45, 7) is 0. The lowest BCUT2D eigenvalue weighted by molar-refractivity contribution is -0.131. The highest BCUT2D eigenvalue weighted by Gasteiger charge is 2.06. The van der Waals surface area contributed by atoms with Gasteiger partial charge in [0.05, 0.1) is 5.69 Å². The maximum Gasteiger partial charge on any atom is 0.328 e. The topological polar surface area (TPSA) is 95.1 Å². The average Bonchev–Trinajstić information content (AvgIpc) is 2.91. The quantitative estimate of drug-likeness (QED) is 0.727. The lowest BCUT2D eigenvalue weighted by atomic mass is 10.3. The Balaban J connectivity index is 2.11. The Hall–Kier alpha value is -2.89. The summed E-state index contributed by atoms with van der Waals surface area (Å²) in [4.78, 5) is 29.0. The van der Waals surface area contributed by atoms with Crippen molar-refractivity contribution in [2.75, 3.05) is 5.32 Å². The number of hydrogen-bond donors (Lipinski definition) is 3. The van der Waals surface area contributed by atoms with Gasteiger partial charge >= 0.3 is 5.97 Å². The van der Waals surface area contributed by atoms with Crippen LogP contribution >= 0.6 is 0 Å². The number of carboxylic acids is 1. The van der Waals surface area contributed by atoms with E-state index in [1.54, 1.807) is 36.5 Å². The fraction of sp³-hybridized carbons (Fsp3) is 0. The van der Waals surface area contributed by atoms with Gasteiger partial charge in [-0.1, -0.05) is 6.07 Å². The Morgan fingerprint density at radius 1 is 1.26 bits per heavy atom. The van der Waals surface area contributed by atoms with Gasteiger partial charge in [0.2, 0.25) is 0 Å². The molecule has 96 valence electrons. The molecule has 2 rings (SSSR count). The first-order valence-corrected chi connectivity index (χ1v) is 5.48. The molecule has 0 aliphatic carbocycles. The predicted molar refractivity (Wildman–Crippen MR) is 69.7 cm³/mol. The lowest BCUT2D eigenvalue weighted by Crippen LogP contribution is -2.13. The van der Waals surface area contributed by atoms with E-state index in [0.29, 0.717) is 17.2 Å². The molecule has 1 amide bonds. The molecule has 0 saturated heterocycles. The molecule has 0 aliphatic rings. The van der Waals surface area contributed by atoms with E-state index < -0.39 is 5.97 Å². The standard InChI is InChI=1S/C13H11N3O3/c17-12(18)7-6-9-3-1-5-11(15-9)16-13(19)10-4-2-8-14-10/h1-8,14H,(H,17,18)(H,15,16,19)/b7-6+. The number of carboxylic acid groups (broad SMARTS) is 1. The fourth-order valence-corrected chi connectivity index (χ4v) is 1.43. The van der Waals surface area contributed by atoms with Gasteiger partial charge in [0.1, 0.15) is 11.5 Å². The van der Waals surface area contributed by atoms with Crippen molar-refractivity contribution in [3.05, 3.63) is 54.0 Å². The van der Waals surface area contributed by atoms with Crippen molar-refractivity contribution >= 4 is 23.8 Å². The zero-order valence-corrected chi connectivity index (χ0v) is 9.83. The van der Waals surface area contributed by atoms with Crippen LogP contribution in [0.25, 0.3) is 6.08 Å². The van der Waals surface area contributed by atoms with Gasteiger partial charge in [0, 0.05) is 12.3 Å². The van der Waals surface area contributed by atoms with Crippen molar-refractivity contribution in [2.24, 2.45) is 0 Å². The van der Waals surface area contributed by atoms with Crippen LogP contribution in [0.5, 0.6) is 0 Å². The molecule has 0 aliphatic heterocycles. The van der Waals surface area contributed by atoms with Gasteiger partial charge in [-0.3, -0.25) is 4.79 Å². The molecule has 0 unspecified atom stereocenters. The highest BCUT2D eigenvalue weighted by molar-refractivity contribution is 6.02. The molecule has 0 radical (unpaired) electrons. The highest BCUT2D eigenvalue weighted by atomic mass is 16.4. The normalized spacial score (nSPS) is 10.5. The molecule has 0 bridgehead atoms. The van der Waals surface area contributed by atoms with E-state index in [1.807, 2.05) is 0 Å². The molecule has 0 saturated carbocycles. The number of rotatable bonds is 4. The minimum Gasteiger partial charge on any atom is -0.478 e. The largest absolute Gasteiger partial charge is 0.478 e. The van der Waals surface area contributed by atoms with E-state index in [9.17, 15) is 9.59 Å². The molecule has 0 aromatic carbocycles. The van der Waals surface area contributed by atoms with E-state index in [-0.39, 0.29) is 5.91 Å². The van der Waals surface area contributed by atoms with Gasteiger partial charge in [-0.2, -0.15) is 0 Å². The van der Waals surface area contributed by atoms with Gasteiger partial charge in [0.25, 0.3) is 5.91 Å². The number of nitrogens with one attached hydrogen (secondary N) is 2. The van der Waals surface area contributed by atoms with Crippen LogP contribution in [0.1, 0.15) is 16.2 Å². The van der Waals surface area contributed by atoms with Gasteiger partial charge in [0.15, 0.2) is 0 Å². The van der Waals surface area contributed by atoms with Crippen LogP contribution in [0.15, 0.2) is 42.6 Å². The monoisotopic (exact) mass is 257 g/mol. The van der Waals surface area contributed by atoms with Crippen LogP contribution in [0.4, 0.5) is 5.82 Å². The number of carbonyl (C=O) groups is 2. The third-order valence-electron chi connectivity index (χ3n) is 2.25. The number of hydrogen-bond acceptors (Lipinski definition) is 3. The Morgan fingerprint density at radius 2 is 2.11 bits per heavy atom. The molecule has 2 heterocycles. The molecule has 6 nitrogen and oxygen atoms in total. The smallest absolute Gasteiger partial charge is 0.328 e. The SMILES string of the molecule is O=C(O)/C=C/c1cccc(NC(=O)c2ccc[nH]2)n1. The summed E-state index contributed by atoms with van der Waals surface area (Å²) < 4.78 is 0. The van der Waals surface area contributed by atoms with E-state index >= 15 is 0 Å². The molecule has 6 heteroatoms. The number of aromatic nitrogens is 2. The molecule has 0 fully saturated rings. The van der Waals surface area contributed by atoms with Crippen molar-refractivity contribution < 1.29 is 14.7 Å². The molecule has 0 spiro atoms. The zero-order chi connectivity index (χ0) is 13.7. The van der Waals surface area contributed by atoms with E-state index in [1.165, 1.54) is 6.08 Å². The predicted octanol–water partition coefficient (Wildman–Crippen LogP) is 1.76. The molecule has 2 aromatic heterocycles. The molecular formula is C13H11N3O3. The second kappa shape index (κ2) is 5.63. The summed E-state index contributed by atoms with van der Waals surface area (Å²) in [5.74, 6) is -1.01. The Kier molecular flexibility index (Phi) is 3.72. The third kappa shape index (κ3) is 3.53. The number of aliphatic carboxylic acids is 1. The maximum atomic E-state index is 11.8. The molecular weight excluding hydrogens is 246 g/mol. The zero-order valence-electron chi connectivity index (χ0n) is 9.83. The first-order valence-electron chi connectivity index (χ1n) is 5.48. The minimum atomic E-state index is -1.05. The first kappa shape index (κ1) is 12.6. The number of H-pyrrole nitrogens is 1. The third-order valence-corrected chi connectivity index (χ3v) is 2.25. The molecule has 0 atom stereocenters. The number of anilines is 1. The van der Waals surface area contributed by atoms with Gasteiger partial charge < -0.3 is 15.4 Å². The van der Waals surface area contributed by atoms with E-state index in [4.69, 9.17) is 5.11 Å². The number of pyridine rings is 1. The molecule has 19 heavy (non-hydrogen) atoms. The molecule has 3 N–H and O–H groups in total. The fourth-order valence-electron chi connectivity index (χ4n) is 1.43. The van der Waals surface area contributed by atoms with Crippen molar-refractivity contribution in [1.29, 1.82) is 0 Å². The Labute approximate surface area is 108 Å². The van der Waals surface area contributed by atoms with E-state index in [2.05, 4.69) is 15.3 Å². The summed E-state index contributed by atoms with van der Waals surface area (Å²) in [5, 5.41) is 11.1. The van der Waals surface area contributed by atoms with Crippen LogP contribution in [0.2, 0.25) is 0 Å². The average molecular weight is 257 g/mol. The van der Waals surface area contributed by atoms with Crippen LogP contribution < -0.4 is 5.32 Å². The van der Waals surface area contributed by atoms with Gasteiger partial charge in [-0.15, -0.1) is 0 Å². The lowest BCUT2D eigenvalue weighted by Gasteiger charge is -2.03. The number of nitrogens with zero attached hydrogens (tertiary/aromatic N) is 1. The van der Waals surface area contributed by atoms with Crippen LogP contribution in [0.3, 0.4) is 0 Å². The Bertz CT molecular complexity index is 618. The van der Waals surface area contributed by atoms with Crippen LogP contribution in [0, 0.1) is 0 Å². The highest BCUT2D eigenvalue weighted by Crippen LogP contribution is 2.08. The summed E-state index contributed by atoms with van der Waals surface area (Å²) in [5.41, 5.74) is 0.875. The van der Waals surface area contributed by atoms with Crippen molar-refractivity contribution in [1.82, 2.24) is 9.97 Å². The van der Waals surface area contributed by atoms with Gasteiger partial charge in [-0.25, -0.2) is 9.78 Å². The summed E-state index contributed by atoms with van der Waals surface area (Å²) in [7, 11) is 0. The summed E-state index contributed by atoms with van der Waals surface area (Å²) in [6.07, 6.45) is 3.99. The van der Waals surface area contributed by atoms with Crippen molar-refractivity contribution in [3.63, 3.8) is 0 Å². The summed E-state index contributed by atoms with van der Waals surface area (Å²) >= 11 is 0. The van der Waals surface area contributed by atoms with E-state index in [0.717, 1.165) is 6.08 Å². The number of amides is 1. The second-order valence-electron chi connectivity index (χ2n) is 3.66. The number of carbonyl (C=O) groups excluding carboxylic acids is 1. The van der Waals surface area contributed by atoms with Crippen LogP contribution in [-0.2, 0) is 4.79 Å². The first-order chi connectivity index (χ1) is 9.15. The van der Waals surface area contributed by atoms with Gasteiger partial charge in [-0.05, 0) is 30.3 Å². The number of aromatic amines is 1. The maximum absolute atomic E-state index is 11.8. The van der Waals surface area contributed by atoms with Crippen LogP contribution in [-0.4, -0.2) is 27.0 Å². The molecule has 2 aromatic rings. The Morgan fingerprint density at radius 3 is 2.79 bits per heavy atom.